The molecule has 136 valence electrons. The Morgan fingerprint density at radius 2 is 2.08 bits per heavy atom. The first-order chi connectivity index (χ1) is 12.0. The monoisotopic (exact) mass is 350 g/mol. The fourth-order valence-electron chi connectivity index (χ4n) is 2.59. The fourth-order valence-corrected chi connectivity index (χ4v) is 2.59. The van der Waals surface area contributed by atoms with Crippen LogP contribution in [-0.2, 0) is 14.3 Å². The number of nitro groups is 1. The maximum Gasteiger partial charge on any atom is 0.274 e. The van der Waals surface area contributed by atoms with Crippen LogP contribution in [0.1, 0.15) is 31.4 Å². The molecule has 9 nitrogen and oxygen atoms in total. The van der Waals surface area contributed by atoms with Crippen LogP contribution in [-0.4, -0.2) is 42.7 Å². The van der Waals surface area contributed by atoms with Crippen molar-refractivity contribution in [1.29, 1.82) is 0 Å². The zero-order valence-corrected chi connectivity index (χ0v) is 14.2. The van der Waals surface area contributed by atoms with Gasteiger partial charge >= 0.3 is 0 Å². The molecule has 3 N–H and O–H groups in total. The predicted octanol–water partition coefficient (Wildman–Crippen LogP) is 0.614. The number of ether oxygens (including phenoxy) is 1. The van der Waals surface area contributed by atoms with E-state index in [-0.39, 0.29) is 18.1 Å². The van der Waals surface area contributed by atoms with Gasteiger partial charge < -0.3 is 15.4 Å². The van der Waals surface area contributed by atoms with E-state index in [4.69, 9.17) is 4.74 Å². The van der Waals surface area contributed by atoms with E-state index in [1.807, 2.05) is 6.92 Å². The highest BCUT2D eigenvalue weighted by atomic mass is 16.6. The van der Waals surface area contributed by atoms with Gasteiger partial charge in [-0.25, -0.2) is 0 Å². The lowest BCUT2D eigenvalue weighted by molar-refractivity contribution is -0.385. The first-order valence-electron chi connectivity index (χ1n) is 8.07. The highest BCUT2D eigenvalue weighted by molar-refractivity contribution is 5.92. The third-order valence-corrected chi connectivity index (χ3v) is 4.05. The van der Waals surface area contributed by atoms with Gasteiger partial charge in [0.25, 0.3) is 11.6 Å². The highest BCUT2D eigenvalue weighted by Gasteiger charge is 2.63. The van der Waals surface area contributed by atoms with Crippen molar-refractivity contribution < 1.29 is 19.2 Å². The minimum absolute atomic E-state index is 0.0935. The number of benzene rings is 1. The number of para-hydroxylation sites is 1. The molecule has 1 fully saturated rings. The van der Waals surface area contributed by atoms with Crippen LogP contribution in [0.15, 0.2) is 24.3 Å². The molecule has 2 atom stereocenters. The number of methoxy groups -OCH3 is 1. The zero-order valence-electron chi connectivity index (χ0n) is 14.2. The van der Waals surface area contributed by atoms with E-state index in [1.54, 1.807) is 18.2 Å². The number of hydrogen-bond donors (Lipinski definition) is 3. The number of carbonyl (C=O) groups excluding carboxylic acids is 2. The lowest BCUT2D eigenvalue weighted by Gasteiger charge is -2.14. The van der Waals surface area contributed by atoms with Crippen LogP contribution in [0.25, 0.3) is 0 Å². The number of nitro benzene ring substituents is 1. The van der Waals surface area contributed by atoms with Gasteiger partial charge in [0.05, 0.1) is 23.1 Å². The molecule has 1 heterocycles. The number of carbonyl (C=O) groups is 2. The molecule has 9 heteroatoms. The van der Waals surface area contributed by atoms with Gasteiger partial charge in [0, 0.05) is 19.7 Å². The van der Waals surface area contributed by atoms with Gasteiger partial charge in [0.2, 0.25) is 11.6 Å². The molecular formula is C16H22N4O5. The standard InChI is InChI=1S/C16H22N4O5/c1-3-4-9-17-13(21)10-18-15(22)16(25-2)14(19-16)11-7-5-6-8-12(11)20(23)24/h5-8,14,19H,3-4,9-10H2,1-2H3,(H,17,21)(H,18,22)/t14-,16+/m0/s1. The lowest BCUT2D eigenvalue weighted by atomic mass is 10.1. The van der Waals surface area contributed by atoms with E-state index < -0.39 is 22.6 Å². The number of nitrogens with one attached hydrogen (secondary N) is 3. The molecule has 1 aromatic rings. The third kappa shape index (κ3) is 4.12. The second-order valence-electron chi connectivity index (χ2n) is 5.72. The van der Waals surface area contributed by atoms with Gasteiger partial charge in [0.1, 0.15) is 0 Å². The van der Waals surface area contributed by atoms with Crippen LogP contribution in [0.2, 0.25) is 0 Å². The first-order valence-corrected chi connectivity index (χ1v) is 8.07. The zero-order chi connectivity index (χ0) is 18.4. The molecule has 1 saturated heterocycles. The summed E-state index contributed by atoms with van der Waals surface area (Å²) in [6.45, 7) is 2.38. The SMILES string of the molecule is CCCCNC(=O)CNC(=O)[C@@]1(OC)N[C@H]1c1ccccc1[N+](=O)[O-]. The van der Waals surface area contributed by atoms with Crippen LogP contribution < -0.4 is 16.0 Å². The molecule has 0 bridgehead atoms. The number of rotatable bonds is 9. The Kier molecular flexibility index (Phi) is 6.05. The summed E-state index contributed by atoms with van der Waals surface area (Å²) in [5.74, 6) is -0.834. The van der Waals surface area contributed by atoms with Gasteiger partial charge in [0.15, 0.2) is 0 Å². The van der Waals surface area contributed by atoms with E-state index in [0.717, 1.165) is 12.8 Å². The third-order valence-electron chi connectivity index (χ3n) is 4.05. The Morgan fingerprint density at radius 3 is 2.72 bits per heavy atom. The van der Waals surface area contributed by atoms with Crippen molar-refractivity contribution >= 4 is 17.5 Å². The van der Waals surface area contributed by atoms with Gasteiger partial charge in [-0.05, 0) is 6.42 Å². The van der Waals surface area contributed by atoms with Crippen LogP contribution >= 0.6 is 0 Å². The topological polar surface area (TPSA) is 133 Å². The Morgan fingerprint density at radius 1 is 1.36 bits per heavy atom. The highest BCUT2D eigenvalue weighted by Crippen LogP contribution is 2.44. The molecule has 0 unspecified atom stereocenters. The van der Waals surface area contributed by atoms with Crippen LogP contribution in [0.3, 0.4) is 0 Å². The van der Waals surface area contributed by atoms with Crippen molar-refractivity contribution in [2.24, 2.45) is 0 Å². The van der Waals surface area contributed by atoms with Gasteiger partial charge in [-0.2, -0.15) is 0 Å². The Hall–Kier alpha value is -2.52. The minimum atomic E-state index is -1.41. The molecule has 0 radical (unpaired) electrons. The quantitative estimate of drug-likeness (QED) is 0.259. The summed E-state index contributed by atoms with van der Waals surface area (Å²) in [5.41, 5.74) is -1.14. The summed E-state index contributed by atoms with van der Waals surface area (Å²) in [5, 5.41) is 19.2. The van der Waals surface area contributed by atoms with E-state index in [0.29, 0.717) is 12.1 Å². The molecule has 0 spiro atoms. The molecule has 2 amide bonds. The maximum absolute atomic E-state index is 12.4. The van der Waals surface area contributed by atoms with E-state index in [1.165, 1.54) is 13.2 Å². The van der Waals surface area contributed by atoms with E-state index >= 15 is 0 Å². The predicted molar refractivity (Wildman–Crippen MR) is 89.6 cm³/mol. The van der Waals surface area contributed by atoms with E-state index in [2.05, 4.69) is 16.0 Å². The molecule has 1 aliphatic heterocycles. The maximum atomic E-state index is 12.4. The summed E-state index contributed by atoms with van der Waals surface area (Å²) in [7, 11) is 1.34. The lowest BCUT2D eigenvalue weighted by Crippen LogP contribution is -2.45. The molecule has 25 heavy (non-hydrogen) atoms. The average molecular weight is 350 g/mol. The molecule has 1 aromatic carbocycles. The Bertz CT molecular complexity index is 666. The Balaban J connectivity index is 2.00. The molecule has 0 aliphatic carbocycles. The summed E-state index contributed by atoms with van der Waals surface area (Å²) in [4.78, 5) is 34.7. The van der Waals surface area contributed by atoms with Crippen molar-refractivity contribution in [2.75, 3.05) is 20.2 Å². The fraction of sp³-hybridized carbons (Fsp3) is 0.500. The second kappa shape index (κ2) is 8.04. The van der Waals surface area contributed by atoms with Crippen molar-refractivity contribution in [3.05, 3.63) is 39.9 Å². The summed E-state index contributed by atoms with van der Waals surface area (Å²) in [6, 6.07) is 5.50. The van der Waals surface area contributed by atoms with Crippen molar-refractivity contribution in [3.8, 4) is 0 Å². The normalized spacial score (nSPS) is 21.4. The molecule has 0 aromatic heterocycles. The van der Waals surface area contributed by atoms with Crippen molar-refractivity contribution in [2.45, 2.75) is 31.5 Å². The van der Waals surface area contributed by atoms with Crippen LogP contribution in [0, 0.1) is 10.1 Å². The summed E-state index contributed by atoms with van der Waals surface area (Å²) in [6.07, 6.45) is 1.82. The summed E-state index contributed by atoms with van der Waals surface area (Å²) < 4.78 is 5.27. The van der Waals surface area contributed by atoms with Gasteiger partial charge in [-0.15, -0.1) is 0 Å². The Labute approximate surface area is 145 Å². The molecule has 1 aliphatic rings. The van der Waals surface area contributed by atoms with E-state index in [9.17, 15) is 19.7 Å². The number of unbranched alkanes of at least 4 members (excludes halogenated alkanes) is 1. The number of hydrogen-bond acceptors (Lipinski definition) is 6. The minimum Gasteiger partial charge on any atom is -0.355 e. The van der Waals surface area contributed by atoms with Crippen LogP contribution in [0.4, 0.5) is 5.69 Å². The smallest absolute Gasteiger partial charge is 0.274 e. The van der Waals surface area contributed by atoms with Crippen molar-refractivity contribution in [3.63, 3.8) is 0 Å². The number of amides is 2. The largest absolute Gasteiger partial charge is 0.355 e. The molecular weight excluding hydrogens is 328 g/mol. The second-order valence-corrected chi connectivity index (χ2v) is 5.72. The number of nitrogens with zero attached hydrogens (tertiary/aromatic N) is 1. The average Bonchev–Trinajstić information content (AvgIpc) is 3.36. The van der Waals surface area contributed by atoms with Crippen molar-refractivity contribution in [1.82, 2.24) is 16.0 Å². The first kappa shape index (κ1) is 18.8. The summed E-state index contributed by atoms with van der Waals surface area (Å²) >= 11 is 0. The van der Waals surface area contributed by atoms with Gasteiger partial charge in [-0.3, -0.25) is 25.0 Å². The molecule has 0 saturated carbocycles. The van der Waals surface area contributed by atoms with Crippen LogP contribution in [0.5, 0.6) is 0 Å². The molecule has 2 rings (SSSR count). The van der Waals surface area contributed by atoms with Gasteiger partial charge in [-0.1, -0.05) is 31.5 Å².